The monoisotopic (exact) mass is 263 g/mol. The average molecular weight is 263 g/mol. The number of hydrogen-bond donors (Lipinski definition) is 3. The lowest BCUT2D eigenvalue weighted by Crippen LogP contribution is -2.32. The Morgan fingerprint density at radius 3 is 2.58 bits per heavy atom. The van der Waals surface area contributed by atoms with E-state index in [2.05, 4.69) is 10.2 Å². The summed E-state index contributed by atoms with van der Waals surface area (Å²) in [5, 5.41) is 11.8. The van der Waals surface area contributed by atoms with Gasteiger partial charge in [-0.2, -0.15) is 0 Å². The number of nitrogens with two attached hydrogens (primary N) is 1. The molecule has 1 aromatic rings. The maximum Gasteiger partial charge on any atom is 0.225 e. The lowest BCUT2D eigenvalue weighted by atomic mass is 10.2. The van der Waals surface area contributed by atoms with Crippen molar-refractivity contribution in [1.82, 2.24) is 4.90 Å². The van der Waals surface area contributed by atoms with Crippen molar-refractivity contribution in [2.24, 2.45) is 0 Å². The summed E-state index contributed by atoms with van der Waals surface area (Å²) in [5.41, 5.74) is 7.03. The zero-order chi connectivity index (χ0) is 13.7. The van der Waals surface area contributed by atoms with Gasteiger partial charge in [0.2, 0.25) is 5.91 Å². The van der Waals surface area contributed by atoms with Gasteiger partial charge in [-0.05, 0) is 37.1 Å². The van der Waals surface area contributed by atoms with Gasteiger partial charge < -0.3 is 16.2 Å². The number of benzene rings is 1. The molecule has 0 unspecified atom stereocenters. The van der Waals surface area contributed by atoms with E-state index < -0.39 is 0 Å². The Balaban J connectivity index is 1.75. The van der Waals surface area contributed by atoms with Crippen molar-refractivity contribution in [3.8, 4) is 0 Å². The van der Waals surface area contributed by atoms with Crippen LogP contribution >= 0.6 is 0 Å². The maximum absolute atomic E-state index is 11.8. The van der Waals surface area contributed by atoms with Crippen LogP contribution in [0.1, 0.15) is 19.3 Å². The van der Waals surface area contributed by atoms with Crippen LogP contribution in [-0.4, -0.2) is 41.7 Å². The van der Waals surface area contributed by atoms with Gasteiger partial charge in [-0.15, -0.1) is 0 Å². The second-order valence-corrected chi connectivity index (χ2v) is 4.91. The third kappa shape index (κ3) is 4.54. The van der Waals surface area contributed by atoms with E-state index >= 15 is 0 Å². The Morgan fingerprint density at radius 1 is 1.32 bits per heavy atom. The normalized spacial score (nSPS) is 14.6. The molecule has 19 heavy (non-hydrogen) atoms. The molecule has 5 heteroatoms. The fourth-order valence-electron chi connectivity index (χ4n) is 2.08. The number of amides is 1. The fourth-order valence-corrected chi connectivity index (χ4v) is 2.08. The van der Waals surface area contributed by atoms with Crippen LogP contribution in [-0.2, 0) is 4.79 Å². The molecule has 0 bridgehead atoms. The third-order valence-electron chi connectivity index (χ3n) is 3.27. The minimum atomic E-state index is -0.00615. The van der Waals surface area contributed by atoms with Gasteiger partial charge in [-0.3, -0.25) is 9.69 Å². The first kappa shape index (κ1) is 13.8. The molecule has 0 aromatic heterocycles. The van der Waals surface area contributed by atoms with Crippen LogP contribution in [0.5, 0.6) is 0 Å². The number of carbonyl (C=O) groups is 1. The summed E-state index contributed by atoms with van der Waals surface area (Å²) in [4.78, 5) is 14.0. The highest BCUT2D eigenvalue weighted by atomic mass is 16.3. The van der Waals surface area contributed by atoms with E-state index in [-0.39, 0.29) is 12.5 Å². The number of nitrogens with one attached hydrogen (secondary N) is 1. The molecule has 4 N–H and O–H groups in total. The summed E-state index contributed by atoms with van der Waals surface area (Å²) in [7, 11) is 0. The zero-order valence-electron chi connectivity index (χ0n) is 11.0. The quantitative estimate of drug-likeness (QED) is 0.643. The van der Waals surface area contributed by atoms with E-state index in [1.54, 1.807) is 24.3 Å². The van der Waals surface area contributed by atoms with Crippen molar-refractivity contribution < 1.29 is 9.90 Å². The standard InChI is InChI=1S/C14H21N3O2/c15-11-1-3-12(4-2-11)16-14(19)7-8-17(9-10-18)13-5-6-13/h1-4,13,18H,5-10,15H2,(H,16,19). The molecular weight excluding hydrogens is 242 g/mol. The summed E-state index contributed by atoms with van der Waals surface area (Å²) in [6.45, 7) is 1.50. The number of rotatable bonds is 7. The number of carbonyl (C=O) groups excluding carboxylic acids is 1. The molecule has 1 aromatic carbocycles. The average Bonchev–Trinajstić information content (AvgIpc) is 3.21. The van der Waals surface area contributed by atoms with Crippen LogP contribution in [0.4, 0.5) is 11.4 Å². The van der Waals surface area contributed by atoms with Crippen molar-refractivity contribution in [2.45, 2.75) is 25.3 Å². The van der Waals surface area contributed by atoms with Gasteiger partial charge in [0.1, 0.15) is 0 Å². The molecule has 2 rings (SSSR count). The van der Waals surface area contributed by atoms with E-state index in [1.807, 2.05) is 0 Å². The van der Waals surface area contributed by atoms with Gasteiger partial charge in [0, 0.05) is 36.9 Å². The smallest absolute Gasteiger partial charge is 0.225 e. The van der Waals surface area contributed by atoms with E-state index in [9.17, 15) is 4.79 Å². The number of nitrogens with zero attached hydrogens (tertiary/aromatic N) is 1. The molecule has 1 amide bonds. The molecular formula is C14H21N3O2. The summed E-state index contributed by atoms with van der Waals surface area (Å²) in [5.74, 6) is -0.00615. The Kier molecular flexibility index (Phi) is 4.76. The lowest BCUT2D eigenvalue weighted by Gasteiger charge is -2.20. The van der Waals surface area contributed by atoms with E-state index in [0.29, 0.717) is 31.2 Å². The van der Waals surface area contributed by atoms with Crippen LogP contribution < -0.4 is 11.1 Å². The molecule has 0 spiro atoms. The number of hydrogen-bond acceptors (Lipinski definition) is 4. The van der Waals surface area contributed by atoms with Crippen LogP contribution in [0.25, 0.3) is 0 Å². The summed E-state index contributed by atoms with van der Waals surface area (Å²) in [6, 6.07) is 7.67. The first-order valence-electron chi connectivity index (χ1n) is 6.69. The summed E-state index contributed by atoms with van der Waals surface area (Å²) >= 11 is 0. The highest BCUT2D eigenvalue weighted by Gasteiger charge is 2.28. The summed E-state index contributed by atoms with van der Waals surface area (Å²) in [6.07, 6.45) is 2.81. The first-order valence-corrected chi connectivity index (χ1v) is 6.69. The molecule has 0 saturated heterocycles. The highest BCUT2D eigenvalue weighted by Crippen LogP contribution is 2.26. The van der Waals surface area contributed by atoms with Crippen LogP contribution in [0.15, 0.2) is 24.3 Å². The van der Waals surface area contributed by atoms with Crippen molar-refractivity contribution in [3.63, 3.8) is 0 Å². The minimum Gasteiger partial charge on any atom is -0.399 e. The van der Waals surface area contributed by atoms with E-state index in [0.717, 1.165) is 5.69 Å². The van der Waals surface area contributed by atoms with Crippen molar-refractivity contribution >= 4 is 17.3 Å². The second kappa shape index (κ2) is 6.54. The number of aliphatic hydroxyl groups excluding tert-OH is 1. The fraction of sp³-hybridized carbons (Fsp3) is 0.500. The first-order chi connectivity index (χ1) is 9.19. The number of aliphatic hydroxyl groups is 1. The Labute approximate surface area is 113 Å². The van der Waals surface area contributed by atoms with E-state index in [1.165, 1.54) is 12.8 Å². The van der Waals surface area contributed by atoms with Crippen LogP contribution in [0, 0.1) is 0 Å². The van der Waals surface area contributed by atoms with Crippen molar-refractivity contribution in [1.29, 1.82) is 0 Å². The van der Waals surface area contributed by atoms with Crippen molar-refractivity contribution in [3.05, 3.63) is 24.3 Å². The third-order valence-corrected chi connectivity index (χ3v) is 3.27. The maximum atomic E-state index is 11.8. The predicted molar refractivity (Wildman–Crippen MR) is 75.8 cm³/mol. The van der Waals surface area contributed by atoms with Crippen LogP contribution in [0.3, 0.4) is 0 Å². The molecule has 1 aliphatic carbocycles. The molecule has 1 fully saturated rings. The molecule has 0 aliphatic heterocycles. The van der Waals surface area contributed by atoms with Gasteiger partial charge in [0.05, 0.1) is 6.61 Å². The van der Waals surface area contributed by atoms with Crippen LogP contribution in [0.2, 0.25) is 0 Å². The Hall–Kier alpha value is -1.59. The molecule has 0 radical (unpaired) electrons. The number of nitrogen functional groups attached to an aromatic ring is 1. The Morgan fingerprint density at radius 2 is 2.00 bits per heavy atom. The zero-order valence-corrected chi connectivity index (χ0v) is 11.0. The molecule has 1 saturated carbocycles. The second-order valence-electron chi connectivity index (χ2n) is 4.91. The molecule has 0 atom stereocenters. The molecule has 1 aliphatic rings. The molecule has 5 nitrogen and oxygen atoms in total. The largest absolute Gasteiger partial charge is 0.399 e. The van der Waals surface area contributed by atoms with Gasteiger partial charge in [0.15, 0.2) is 0 Å². The topological polar surface area (TPSA) is 78.6 Å². The highest BCUT2D eigenvalue weighted by molar-refractivity contribution is 5.90. The number of anilines is 2. The van der Waals surface area contributed by atoms with Gasteiger partial charge in [-0.1, -0.05) is 0 Å². The molecule has 0 heterocycles. The van der Waals surface area contributed by atoms with Gasteiger partial charge >= 0.3 is 0 Å². The summed E-state index contributed by atoms with van der Waals surface area (Å²) < 4.78 is 0. The minimum absolute atomic E-state index is 0.00615. The van der Waals surface area contributed by atoms with E-state index in [4.69, 9.17) is 10.8 Å². The predicted octanol–water partition coefficient (Wildman–Crippen LogP) is 1.05. The SMILES string of the molecule is Nc1ccc(NC(=O)CCN(CCO)C2CC2)cc1. The van der Waals surface area contributed by atoms with Gasteiger partial charge in [-0.25, -0.2) is 0 Å². The van der Waals surface area contributed by atoms with Crippen molar-refractivity contribution in [2.75, 3.05) is 30.7 Å². The van der Waals surface area contributed by atoms with Gasteiger partial charge in [0.25, 0.3) is 0 Å². The Bertz CT molecular complexity index is 415. The molecule has 104 valence electrons. The lowest BCUT2D eigenvalue weighted by molar-refractivity contribution is -0.116.